The molecule has 0 aromatic carbocycles. The van der Waals surface area contributed by atoms with Crippen molar-refractivity contribution in [3.05, 3.63) is 17.0 Å². The Bertz CT molecular complexity index is 206. The Labute approximate surface area is 66.9 Å². The molecule has 11 heavy (non-hydrogen) atoms. The van der Waals surface area contributed by atoms with Gasteiger partial charge in [0, 0.05) is 6.08 Å². The van der Waals surface area contributed by atoms with Gasteiger partial charge in [-0.2, -0.15) is 0 Å². The summed E-state index contributed by atoms with van der Waals surface area (Å²) in [4.78, 5) is 0. The molecule has 0 radical (unpaired) electrons. The van der Waals surface area contributed by atoms with Crippen LogP contribution in [0.15, 0.2) is 11.8 Å². The molecule has 0 saturated carbocycles. The zero-order valence-electron chi connectivity index (χ0n) is 7.43. The maximum atomic E-state index is 11.5. The number of hydroxylamine groups is 2. The lowest BCUT2D eigenvalue weighted by molar-refractivity contribution is -0.928. The van der Waals surface area contributed by atoms with Gasteiger partial charge in [0.25, 0.3) is 0 Å². The summed E-state index contributed by atoms with van der Waals surface area (Å²) < 4.78 is 0. The summed E-state index contributed by atoms with van der Waals surface area (Å²) in [6.07, 6.45) is 1.63. The quantitative estimate of drug-likeness (QED) is 0.499. The third kappa shape index (κ3) is 1.04. The van der Waals surface area contributed by atoms with Crippen molar-refractivity contribution >= 4 is 0 Å². The third-order valence-electron chi connectivity index (χ3n) is 2.29. The van der Waals surface area contributed by atoms with Crippen LogP contribution in [0.25, 0.3) is 0 Å². The molecule has 1 atom stereocenters. The highest BCUT2D eigenvalue weighted by atomic mass is 16.5. The Morgan fingerprint density at radius 1 is 1.36 bits per heavy atom. The normalized spacial score (nSPS) is 33.5. The van der Waals surface area contributed by atoms with E-state index in [9.17, 15) is 10.3 Å². The molecule has 0 fully saturated rings. The lowest BCUT2D eigenvalue weighted by atomic mass is 10.1. The van der Waals surface area contributed by atoms with Gasteiger partial charge in [0.15, 0.2) is 5.76 Å². The molecule has 3 heteroatoms. The van der Waals surface area contributed by atoms with E-state index >= 15 is 0 Å². The molecule has 1 aliphatic rings. The fourth-order valence-electron chi connectivity index (χ4n) is 1.51. The molecule has 0 aliphatic carbocycles. The monoisotopic (exact) mass is 157 g/mol. The second-order valence-corrected chi connectivity index (χ2v) is 4.21. The fourth-order valence-corrected chi connectivity index (χ4v) is 1.51. The van der Waals surface area contributed by atoms with Crippen molar-refractivity contribution in [1.29, 1.82) is 0 Å². The van der Waals surface area contributed by atoms with Gasteiger partial charge in [-0.15, -0.1) is 0 Å². The molecule has 1 heterocycles. The summed E-state index contributed by atoms with van der Waals surface area (Å²) in [5, 5.41) is 21.0. The molecule has 64 valence electrons. The van der Waals surface area contributed by atoms with E-state index in [1.807, 2.05) is 13.8 Å². The summed E-state index contributed by atoms with van der Waals surface area (Å²) in [5.74, 6) is 0.201. The van der Waals surface area contributed by atoms with E-state index in [0.29, 0.717) is 0 Å². The minimum atomic E-state index is -0.677. The van der Waals surface area contributed by atoms with Gasteiger partial charge in [0.05, 0.1) is 0 Å². The zero-order valence-corrected chi connectivity index (χ0v) is 7.43. The highest BCUT2D eigenvalue weighted by Crippen LogP contribution is 2.21. The summed E-state index contributed by atoms with van der Waals surface area (Å²) in [6, 6.07) is 0. The van der Waals surface area contributed by atoms with E-state index < -0.39 is 11.1 Å². The Balaban J connectivity index is 3.04. The number of hydrogen-bond acceptors (Lipinski definition) is 2. The van der Waals surface area contributed by atoms with Crippen molar-refractivity contribution in [2.24, 2.45) is 0 Å². The summed E-state index contributed by atoms with van der Waals surface area (Å²) >= 11 is 0. The minimum Gasteiger partial charge on any atom is -0.633 e. The van der Waals surface area contributed by atoms with Crippen LogP contribution < -0.4 is 5.06 Å². The molecule has 1 aliphatic heterocycles. The predicted octanol–water partition coefficient (Wildman–Crippen LogP) is 0.382. The first-order chi connectivity index (χ1) is 4.78. The smallest absolute Gasteiger partial charge is 0.155 e. The Morgan fingerprint density at radius 3 is 1.91 bits per heavy atom. The molecule has 0 spiro atoms. The SMILES string of the molecule is CC1(C)C=C(O)C(C)(C)[NH+]1[O-]. The van der Waals surface area contributed by atoms with Crippen LogP contribution in [-0.2, 0) is 0 Å². The lowest BCUT2D eigenvalue weighted by Crippen LogP contribution is -3.20. The molecule has 1 rings (SSSR count). The van der Waals surface area contributed by atoms with Crippen LogP contribution in [-0.4, -0.2) is 16.2 Å². The van der Waals surface area contributed by atoms with Crippen LogP contribution in [0.4, 0.5) is 0 Å². The van der Waals surface area contributed by atoms with Crippen molar-refractivity contribution in [3.8, 4) is 0 Å². The molecular formula is C8H15NO2. The number of hydrogen-bond donors (Lipinski definition) is 2. The van der Waals surface area contributed by atoms with Crippen molar-refractivity contribution < 1.29 is 10.2 Å². The van der Waals surface area contributed by atoms with Crippen LogP contribution in [0.2, 0.25) is 0 Å². The molecule has 0 amide bonds. The predicted molar refractivity (Wildman–Crippen MR) is 43.2 cm³/mol. The van der Waals surface area contributed by atoms with E-state index in [-0.39, 0.29) is 10.8 Å². The Hall–Kier alpha value is -0.540. The fraction of sp³-hybridized carbons (Fsp3) is 0.750. The number of rotatable bonds is 0. The van der Waals surface area contributed by atoms with Gasteiger partial charge in [-0.25, -0.2) is 0 Å². The van der Waals surface area contributed by atoms with Crippen molar-refractivity contribution in [2.75, 3.05) is 0 Å². The molecule has 1 unspecified atom stereocenters. The number of aliphatic hydroxyl groups excluding tert-OH is 1. The minimum absolute atomic E-state index is 0.0856. The Kier molecular flexibility index (Phi) is 1.55. The van der Waals surface area contributed by atoms with E-state index in [2.05, 4.69) is 0 Å². The van der Waals surface area contributed by atoms with E-state index in [0.717, 1.165) is 0 Å². The maximum absolute atomic E-state index is 11.5. The van der Waals surface area contributed by atoms with Gasteiger partial charge in [-0.3, -0.25) is 0 Å². The van der Waals surface area contributed by atoms with Crippen LogP contribution in [0.5, 0.6) is 0 Å². The summed E-state index contributed by atoms with van der Waals surface area (Å²) in [5.41, 5.74) is -1.17. The average molecular weight is 157 g/mol. The molecular weight excluding hydrogens is 142 g/mol. The highest BCUT2D eigenvalue weighted by molar-refractivity contribution is 5.16. The second kappa shape index (κ2) is 1.99. The molecule has 0 saturated heterocycles. The van der Waals surface area contributed by atoms with Gasteiger partial charge in [-0.05, 0) is 27.7 Å². The summed E-state index contributed by atoms with van der Waals surface area (Å²) in [7, 11) is 0. The average Bonchev–Trinajstić information content (AvgIpc) is 1.94. The molecule has 0 aromatic rings. The standard InChI is InChI=1S/C8H15NO2/c1-7(2)5-6(10)8(3,4)9(7)11/h5,9-10H,1-4H3. The Morgan fingerprint density at radius 2 is 1.82 bits per heavy atom. The first-order valence-electron chi connectivity index (χ1n) is 3.76. The topological polar surface area (TPSA) is 47.7 Å². The number of aliphatic hydroxyl groups is 1. The molecule has 0 bridgehead atoms. The first-order valence-corrected chi connectivity index (χ1v) is 3.76. The van der Waals surface area contributed by atoms with Gasteiger partial charge < -0.3 is 15.4 Å². The van der Waals surface area contributed by atoms with Gasteiger partial charge >= 0.3 is 0 Å². The molecule has 3 nitrogen and oxygen atoms in total. The number of nitrogens with one attached hydrogen (secondary N) is 1. The maximum Gasteiger partial charge on any atom is 0.155 e. The number of quaternary nitrogens is 1. The van der Waals surface area contributed by atoms with E-state index in [1.54, 1.807) is 19.9 Å². The van der Waals surface area contributed by atoms with Crippen molar-refractivity contribution in [1.82, 2.24) is 0 Å². The van der Waals surface area contributed by atoms with Crippen LogP contribution in [0.1, 0.15) is 27.7 Å². The van der Waals surface area contributed by atoms with Gasteiger partial charge in [0.2, 0.25) is 0 Å². The first kappa shape index (κ1) is 8.56. The van der Waals surface area contributed by atoms with Gasteiger partial charge in [-0.1, -0.05) is 0 Å². The third-order valence-corrected chi connectivity index (χ3v) is 2.29. The molecule has 2 N–H and O–H groups in total. The van der Waals surface area contributed by atoms with E-state index in [1.165, 1.54) is 0 Å². The van der Waals surface area contributed by atoms with Crippen molar-refractivity contribution in [2.45, 2.75) is 38.8 Å². The highest BCUT2D eigenvalue weighted by Gasteiger charge is 2.45. The molecule has 0 aromatic heterocycles. The van der Waals surface area contributed by atoms with Crippen LogP contribution >= 0.6 is 0 Å². The summed E-state index contributed by atoms with van der Waals surface area (Å²) in [6.45, 7) is 7.13. The van der Waals surface area contributed by atoms with E-state index in [4.69, 9.17) is 0 Å². The lowest BCUT2D eigenvalue weighted by Gasteiger charge is -2.40. The van der Waals surface area contributed by atoms with Crippen LogP contribution in [0.3, 0.4) is 0 Å². The van der Waals surface area contributed by atoms with Crippen LogP contribution in [0, 0.1) is 5.21 Å². The largest absolute Gasteiger partial charge is 0.633 e. The van der Waals surface area contributed by atoms with Gasteiger partial charge in [0.1, 0.15) is 11.1 Å². The second-order valence-electron chi connectivity index (χ2n) is 4.21. The van der Waals surface area contributed by atoms with Crippen molar-refractivity contribution in [3.63, 3.8) is 0 Å². The zero-order chi connectivity index (χ0) is 8.86.